The SMILES string of the molecule is O=Cn1cnc2cncc-2c1. The molecule has 0 spiro atoms. The van der Waals surface area contributed by atoms with Gasteiger partial charge in [-0.05, 0) is 0 Å². The van der Waals surface area contributed by atoms with Crippen molar-refractivity contribution in [2.24, 2.45) is 0 Å². The highest BCUT2D eigenvalue weighted by Gasteiger charge is 2.02. The van der Waals surface area contributed by atoms with Crippen LogP contribution < -0.4 is 0 Å². The van der Waals surface area contributed by atoms with Crippen LogP contribution in [0.4, 0.5) is 0 Å². The monoisotopic (exact) mass is 147 g/mol. The topological polar surface area (TPSA) is 47.8 Å². The average molecular weight is 147 g/mol. The molecular weight excluding hydrogens is 142 g/mol. The molecule has 0 aromatic carbocycles. The molecule has 0 saturated heterocycles. The van der Waals surface area contributed by atoms with Gasteiger partial charge in [-0.3, -0.25) is 14.3 Å². The molecule has 4 nitrogen and oxygen atoms in total. The number of carbonyl (C=O) groups excluding carboxylic acids is 1. The molecule has 0 saturated carbocycles. The maximum atomic E-state index is 10.3. The molecule has 0 aromatic rings. The van der Waals surface area contributed by atoms with Crippen LogP contribution in [-0.4, -0.2) is 20.9 Å². The summed E-state index contributed by atoms with van der Waals surface area (Å²) in [4.78, 5) is 18.1. The van der Waals surface area contributed by atoms with Gasteiger partial charge in [-0.15, -0.1) is 0 Å². The Balaban J connectivity index is 2.68. The van der Waals surface area contributed by atoms with Gasteiger partial charge in [0, 0.05) is 18.0 Å². The third-order valence-corrected chi connectivity index (χ3v) is 1.45. The number of nitrogens with zero attached hydrogens (tertiary/aromatic N) is 3. The summed E-state index contributed by atoms with van der Waals surface area (Å²) in [6, 6.07) is 0. The predicted molar refractivity (Wildman–Crippen MR) is 38.8 cm³/mol. The van der Waals surface area contributed by atoms with Crippen LogP contribution in [0.25, 0.3) is 11.3 Å². The third-order valence-electron chi connectivity index (χ3n) is 1.45. The zero-order valence-electron chi connectivity index (χ0n) is 5.64. The van der Waals surface area contributed by atoms with Gasteiger partial charge in [0.1, 0.15) is 6.33 Å². The Labute approximate surface area is 62.9 Å². The van der Waals surface area contributed by atoms with Crippen LogP contribution in [0.3, 0.4) is 0 Å². The molecule has 0 atom stereocenters. The van der Waals surface area contributed by atoms with E-state index in [1.54, 1.807) is 18.6 Å². The van der Waals surface area contributed by atoms with E-state index >= 15 is 0 Å². The van der Waals surface area contributed by atoms with Crippen LogP contribution in [0.1, 0.15) is 0 Å². The van der Waals surface area contributed by atoms with Crippen molar-refractivity contribution < 1.29 is 4.79 Å². The second-order valence-corrected chi connectivity index (χ2v) is 2.17. The minimum atomic E-state index is 0.694. The molecule has 0 bridgehead atoms. The largest absolute Gasteiger partial charge is 0.280 e. The lowest BCUT2D eigenvalue weighted by Crippen LogP contribution is -1.97. The van der Waals surface area contributed by atoms with E-state index in [1.165, 1.54) is 10.9 Å². The summed E-state index contributed by atoms with van der Waals surface area (Å²) >= 11 is 0. The van der Waals surface area contributed by atoms with Gasteiger partial charge in [-0.25, -0.2) is 4.98 Å². The van der Waals surface area contributed by atoms with Gasteiger partial charge in [0.2, 0.25) is 6.41 Å². The van der Waals surface area contributed by atoms with E-state index in [1.807, 2.05) is 0 Å². The number of fused-ring (bicyclic) bond motifs is 1. The average Bonchev–Trinajstić information content (AvgIpc) is 2.50. The van der Waals surface area contributed by atoms with Crippen molar-refractivity contribution in [3.8, 4) is 11.3 Å². The van der Waals surface area contributed by atoms with E-state index < -0.39 is 0 Å². The zero-order valence-corrected chi connectivity index (χ0v) is 5.64. The zero-order chi connectivity index (χ0) is 7.68. The van der Waals surface area contributed by atoms with Crippen LogP contribution in [0, 0.1) is 0 Å². The van der Waals surface area contributed by atoms with Crippen LogP contribution >= 0.6 is 0 Å². The van der Waals surface area contributed by atoms with Gasteiger partial charge in [-0.1, -0.05) is 0 Å². The van der Waals surface area contributed by atoms with Crippen LogP contribution in [0.5, 0.6) is 0 Å². The smallest absolute Gasteiger partial charge is 0.218 e. The van der Waals surface area contributed by atoms with E-state index in [0.29, 0.717) is 6.41 Å². The minimum Gasteiger partial charge on any atom is -0.280 e. The van der Waals surface area contributed by atoms with Crippen molar-refractivity contribution in [2.45, 2.75) is 0 Å². The Morgan fingerprint density at radius 1 is 1.45 bits per heavy atom. The summed E-state index contributed by atoms with van der Waals surface area (Å²) in [5.41, 5.74) is 1.68. The van der Waals surface area contributed by atoms with E-state index in [2.05, 4.69) is 9.97 Å². The highest BCUT2D eigenvalue weighted by molar-refractivity contribution is 5.61. The molecular formula is C7H5N3O. The lowest BCUT2D eigenvalue weighted by molar-refractivity contribution is 0.546. The minimum absolute atomic E-state index is 0.694. The molecule has 0 aromatic heterocycles. The molecule has 0 fully saturated rings. The molecule has 11 heavy (non-hydrogen) atoms. The number of carbonyl (C=O) groups is 1. The first kappa shape index (κ1) is 6.03. The molecule has 0 radical (unpaired) electrons. The Kier molecular flexibility index (Phi) is 1.18. The van der Waals surface area contributed by atoms with Crippen molar-refractivity contribution in [2.75, 3.05) is 0 Å². The Morgan fingerprint density at radius 3 is 3.18 bits per heavy atom. The molecule has 0 N–H and O–H groups in total. The number of hydrogen-bond donors (Lipinski definition) is 0. The number of rotatable bonds is 1. The Bertz CT molecular complexity index is 355. The summed E-state index contributed by atoms with van der Waals surface area (Å²) in [6.45, 7) is 0. The highest BCUT2D eigenvalue weighted by atomic mass is 16.1. The third kappa shape index (κ3) is 0.881. The van der Waals surface area contributed by atoms with Gasteiger partial charge in [-0.2, -0.15) is 0 Å². The van der Waals surface area contributed by atoms with Crippen LogP contribution in [-0.2, 0) is 4.79 Å². The molecule has 4 heteroatoms. The summed E-state index contributed by atoms with van der Waals surface area (Å²) < 4.78 is 1.35. The standard InChI is InChI=1S/C7H5N3O/c11-5-10-3-6-1-8-2-7(6)9-4-10/h1-5H. The summed E-state index contributed by atoms with van der Waals surface area (Å²) in [7, 11) is 0. The maximum absolute atomic E-state index is 10.3. The summed E-state index contributed by atoms with van der Waals surface area (Å²) in [5.74, 6) is 0. The fourth-order valence-electron chi connectivity index (χ4n) is 0.917. The van der Waals surface area contributed by atoms with Crippen molar-refractivity contribution in [3.63, 3.8) is 0 Å². The van der Waals surface area contributed by atoms with Crippen LogP contribution in [0.15, 0.2) is 24.9 Å². The van der Waals surface area contributed by atoms with Gasteiger partial charge in [0.25, 0.3) is 0 Å². The maximum Gasteiger partial charge on any atom is 0.218 e. The quantitative estimate of drug-likeness (QED) is 0.549. The lowest BCUT2D eigenvalue weighted by Gasteiger charge is -1.97. The van der Waals surface area contributed by atoms with Crippen molar-refractivity contribution in [3.05, 3.63) is 24.9 Å². The fraction of sp³-hybridized carbons (Fsp3) is 0. The number of aromatic nitrogens is 3. The molecule has 2 aliphatic rings. The molecule has 0 aliphatic carbocycles. The van der Waals surface area contributed by atoms with Gasteiger partial charge in [0.05, 0.1) is 11.9 Å². The van der Waals surface area contributed by atoms with E-state index in [0.717, 1.165) is 11.3 Å². The van der Waals surface area contributed by atoms with Crippen LogP contribution in [0.2, 0.25) is 0 Å². The molecule has 54 valence electrons. The van der Waals surface area contributed by atoms with Gasteiger partial charge >= 0.3 is 0 Å². The van der Waals surface area contributed by atoms with Crippen molar-refractivity contribution in [1.29, 1.82) is 0 Å². The van der Waals surface area contributed by atoms with Gasteiger partial charge in [0.15, 0.2) is 0 Å². The molecule has 2 rings (SSSR count). The second-order valence-electron chi connectivity index (χ2n) is 2.17. The normalized spacial score (nSPS) is 10.2. The van der Waals surface area contributed by atoms with Crippen molar-refractivity contribution in [1.82, 2.24) is 14.5 Å². The number of hydrogen-bond acceptors (Lipinski definition) is 3. The lowest BCUT2D eigenvalue weighted by atomic mass is 10.3. The molecule has 2 aliphatic heterocycles. The van der Waals surface area contributed by atoms with E-state index in [9.17, 15) is 4.79 Å². The first-order chi connectivity index (χ1) is 5.40. The van der Waals surface area contributed by atoms with Gasteiger partial charge < -0.3 is 0 Å². The second kappa shape index (κ2) is 2.16. The summed E-state index contributed by atoms with van der Waals surface area (Å²) in [6.07, 6.45) is 7.16. The highest BCUT2D eigenvalue weighted by Crippen LogP contribution is 2.15. The summed E-state index contributed by atoms with van der Waals surface area (Å²) in [5, 5.41) is 0. The first-order valence-electron chi connectivity index (χ1n) is 3.12. The first-order valence-corrected chi connectivity index (χ1v) is 3.12. The van der Waals surface area contributed by atoms with E-state index in [4.69, 9.17) is 0 Å². The molecule has 2 heterocycles. The Morgan fingerprint density at radius 2 is 2.36 bits per heavy atom. The molecule has 0 amide bonds. The molecule has 0 unspecified atom stereocenters. The van der Waals surface area contributed by atoms with Crippen molar-refractivity contribution >= 4 is 6.41 Å². The fourth-order valence-corrected chi connectivity index (χ4v) is 0.917. The van der Waals surface area contributed by atoms with E-state index in [-0.39, 0.29) is 0 Å². The predicted octanol–water partition coefficient (Wildman–Crippen LogP) is 0.421. The Hall–Kier alpha value is -1.71.